The molecule has 1 aliphatic rings. The Bertz CT molecular complexity index is 450. The van der Waals surface area contributed by atoms with Crippen LogP contribution in [0.4, 0.5) is 4.79 Å². The van der Waals surface area contributed by atoms with E-state index in [1.807, 2.05) is 20.8 Å². The molecule has 0 aromatic carbocycles. The van der Waals surface area contributed by atoms with Crippen molar-refractivity contribution in [3.63, 3.8) is 0 Å². The number of ether oxygens (including phenoxy) is 2. The highest BCUT2D eigenvalue weighted by atomic mass is 16.6. The second-order valence-corrected chi connectivity index (χ2v) is 5.69. The Hall–Kier alpha value is -1.40. The molecule has 2 rings (SSSR count). The number of carbonyl (C=O) groups is 1. The molecule has 1 aromatic rings. The lowest BCUT2D eigenvalue weighted by Gasteiger charge is -2.19. The lowest BCUT2D eigenvalue weighted by molar-refractivity contribution is 0.00932. The van der Waals surface area contributed by atoms with E-state index in [4.69, 9.17) is 14.6 Å². The number of rotatable bonds is 2. The molecule has 6 heteroatoms. The smallest absolute Gasteiger partial charge is 0.419 e. The summed E-state index contributed by atoms with van der Waals surface area (Å²) in [4.78, 5) is 16.0. The molecule has 2 atom stereocenters. The molecule has 1 aromatic heterocycles. The average molecular weight is 268 g/mol. The van der Waals surface area contributed by atoms with Crippen molar-refractivity contribution in [3.8, 4) is 0 Å². The summed E-state index contributed by atoms with van der Waals surface area (Å²) >= 11 is 0. The van der Waals surface area contributed by atoms with Crippen LogP contribution in [-0.4, -0.2) is 39.1 Å². The molecule has 0 aliphatic carbocycles. The van der Waals surface area contributed by atoms with E-state index < -0.39 is 11.7 Å². The van der Waals surface area contributed by atoms with Gasteiger partial charge in [-0.3, -0.25) is 0 Å². The molecule has 1 N–H and O–H groups in total. The number of aliphatic hydroxyl groups excluding tert-OH is 1. The third kappa shape index (κ3) is 3.54. The number of nitrogens with zero attached hydrogens (tertiary/aromatic N) is 2. The van der Waals surface area contributed by atoms with Gasteiger partial charge in [-0.1, -0.05) is 0 Å². The highest BCUT2D eigenvalue weighted by Crippen LogP contribution is 2.31. The highest BCUT2D eigenvalue weighted by Gasteiger charge is 2.28. The first-order valence-corrected chi connectivity index (χ1v) is 6.42. The van der Waals surface area contributed by atoms with Gasteiger partial charge in [0.25, 0.3) is 0 Å². The van der Waals surface area contributed by atoms with Crippen LogP contribution in [0.3, 0.4) is 0 Å². The topological polar surface area (TPSA) is 73.6 Å². The van der Waals surface area contributed by atoms with E-state index in [0.29, 0.717) is 5.69 Å². The third-order valence-corrected chi connectivity index (χ3v) is 2.85. The zero-order valence-electron chi connectivity index (χ0n) is 11.5. The first kappa shape index (κ1) is 14.0. The van der Waals surface area contributed by atoms with Crippen LogP contribution in [0.25, 0.3) is 0 Å². The fourth-order valence-corrected chi connectivity index (χ4v) is 1.98. The van der Waals surface area contributed by atoms with Gasteiger partial charge in [0.2, 0.25) is 0 Å². The maximum Gasteiger partial charge on any atom is 0.419 e. The summed E-state index contributed by atoms with van der Waals surface area (Å²) in [6.45, 7) is 5.46. The van der Waals surface area contributed by atoms with E-state index in [2.05, 4.69) is 4.98 Å². The summed E-state index contributed by atoms with van der Waals surface area (Å²) in [6.07, 6.45) is 3.93. The number of hydrogen-bond donors (Lipinski definition) is 1. The zero-order valence-corrected chi connectivity index (χ0v) is 11.5. The molecule has 1 fully saturated rings. The minimum atomic E-state index is -0.534. The first-order valence-electron chi connectivity index (χ1n) is 6.42. The van der Waals surface area contributed by atoms with Crippen LogP contribution in [-0.2, 0) is 9.47 Å². The van der Waals surface area contributed by atoms with Gasteiger partial charge in [-0.15, -0.1) is 0 Å². The Morgan fingerprint density at radius 3 is 2.89 bits per heavy atom. The third-order valence-electron chi connectivity index (χ3n) is 2.85. The molecule has 0 amide bonds. The van der Waals surface area contributed by atoms with Crippen LogP contribution < -0.4 is 0 Å². The Labute approximate surface area is 112 Å². The van der Waals surface area contributed by atoms with Crippen molar-refractivity contribution in [2.24, 2.45) is 0 Å². The van der Waals surface area contributed by atoms with Crippen molar-refractivity contribution >= 4 is 6.09 Å². The summed E-state index contributed by atoms with van der Waals surface area (Å²) in [6, 6.07) is 0. The van der Waals surface area contributed by atoms with Gasteiger partial charge in [-0.2, -0.15) is 0 Å². The van der Waals surface area contributed by atoms with E-state index in [1.54, 1.807) is 6.20 Å². The van der Waals surface area contributed by atoms with Crippen molar-refractivity contribution in [2.45, 2.75) is 51.4 Å². The summed E-state index contributed by atoms with van der Waals surface area (Å²) in [5.74, 6) is 0. The minimum absolute atomic E-state index is 0.0171. The minimum Gasteiger partial charge on any atom is -0.443 e. The largest absolute Gasteiger partial charge is 0.443 e. The normalized spacial score (nSPS) is 23.6. The number of aliphatic hydroxyl groups is 1. The molecule has 1 aliphatic heterocycles. The number of imidazole rings is 1. The SMILES string of the molecule is CC(C)(C)OC(=O)n1cnc(C2CC[C@H](CO)O2)c1. The fraction of sp³-hybridized carbons (Fsp3) is 0.692. The van der Waals surface area contributed by atoms with Crippen molar-refractivity contribution in [3.05, 3.63) is 18.2 Å². The molecule has 0 radical (unpaired) electrons. The molecule has 6 nitrogen and oxygen atoms in total. The van der Waals surface area contributed by atoms with Crippen LogP contribution in [0.2, 0.25) is 0 Å². The van der Waals surface area contributed by atoms with E-state index in [0.717, 1.165) is 12.8 Å². The Morgan fingerprint density at radius 2 is 2.32 bits per heavy atom. The highest BCUT2D eigenvalue weighted by molar-refractivity contribution is 5.70. The first-order chi connectivity index (χ1) is 8.89. The quantitative estimate of drug-likeness (QED) is 0.886. The van der Waals surface area contributed by atoms with E-state index in [9.17, 15) is 4.79 Å². The Morgan fingerprint density at radius 1 is 1.58 bits per heavy atom. The molecule has 19 heavy (non-hydrogen) atoms. The second kappa shape index (κ2) is 5.30. The van der Waals surface area contributed by atoms with Gasteiger partial charge in [0.05, 0.1) is 18.4 Å². The van der Waals surface area contributed by atoms with Gasteiger partial charge >= 0.3 is 6.09 Å². The summed E-state index contributed by atoms with van der Waals surface area (Å²) in [5, 5.41) is 9.03. The molecule has 1 saturated heterocycles. The fourth-order valence-electron chi connectivity index (χ4n) is 1.98. The van der Waals surface area contributed by atoms with Gasteiger partial charge in [0, 0.05) is 6.20 Å². The van der Waals surface area contributed by atoms with Crippen molar-refractivity contribution in [1.29, 1.82) is 0 Å². The molecule has 0 bridgehead atoms. The van der Waals surface area contributed by atoms with Crippen LogP contribution in [0.1, 0.15) is 45.4 Å². The maximum absolute atomic E-state index is 11.8. The molecule has 0 spiro atoms. The van der Waals surface area contributed by atoms with Gasteiger partial charge in [0.1, 0.15) is 18.0 Å². The second-order valence-electron chi connectivity index (χ2n) is 5.69. The zero-order chi connectivity index (χ0) is 14.0. The molecular weight excluding hydrogens is 248 g/mol. The predicted molar refractivity (Wildman–Crippen MR) is 67.8 cm³/mol. The lowest BCUT2D eigenvalue weighted by Crippen LogP contribution is -2.26. The van der Waals surface area contributed by atoms with E-state index in [-0.39, 0.29) is 18.8 Å². The van der Waals surface area contributed by atoms with Crippen LogP contribution in [0.15, 0.2) is 12.5 Å². The summed E-state index contributed by atoms with van der Waals surface area (Å²) in [5.41, 5.74) is 0.162. The molecule has 106 valence electrons. The van der Waals surface area contributed by atoms with Gasteiger partial charge in [-0.05, 0) is 33.6 Å². The Kier molecular flexibility index (Phi) is 3.91. The maximum atomic E-state index is 11.8. The summed E-state index contributed by atoms with van der Waals surface area (Å²) in [7, 11) is 0. The number of hydrogen-bond acceptors (Lipinski definition) is 5. The van der Waals surface area contributed by atoms with Gasteiger partial charge in [-0.25, -0.2) is 14.3 Å². The molecule has 0 saturated carbocycles. The predicted octanol–water partition coefficient (Wildman–Crippen LogP) is 1.88. The lowest BCUT2D eigenvalue weighted by atomic mass is 10.1. The van der Waals surface area contributed by atoms with Crippen LogP contribution in [0, 0.1) is 0 Å². The van der Waals surface area contributed by atoms with Crippen molar-refractivity contribution in [2.75, 3.05) is 6.61 Å². The monoisotopic (exact) mass is 268 g/mol. The van der Waals surface area contributed by atoms with Crippen molar-refractivity contribution < 1.29 is 19.4 Å². The van der Waals surface area contributed by atoms with Crippen molar-refractivity contribution in [1.82, 2.24) is 9.55 Å². The van der Waals surface area contributed by atoms with Crippen LogP contribution in [0.5, 0.6) is 0 Å². The number of aromatic nitrogens is 2. The number of carbonyl (C=O) groups excluding carboxylic acids is 1. The molecule has 1 unspecified atom stereocenters. The summed E-state index contributed by atoms with van der Waals surface area (Å²) < 4.78 is 12.2. The van der Waals surface area contributed by atoms with Gasteiger partial charge in [0.15, 0.2) is 0 Å². The standard InChI is InChI=1S/C13H20N2O4/c1-13(2,3)19-12(17)15-6-10(14-8-15)11-5-4-9(7-16)18-11/h6,8-9,11,16H,4-5,7H2,1-3H3/t9-,11?/m1/s1. The molecule has 2 heterocycles. The van der Waals surface area contributed by atoms with E-state index >= 15 is 0 Å². The van der Waals surface area contributed by atoms with E-state index in [1.165, 1.54) is 10.9 Å². The average Bonchev–Trinajstić information content (AvgIpc) is 2.95. The molecular formula is C13H20N2O4. The Balaban J connectivity index is 2.01. The van der Waals surface area contributed by atoms with Crippen LogP contribution >= 0.6 is 0 Å². The van der Waals surface area contributed by atoms with Gasteiger partial charge < -0.3 is 14.6 Å².